The van der Waals surface area contributed by atoms with E-state index >= 15 is 0 Å². The highest BCUT2D eigenvalue weighted by Crippen LogP contribution is 2.24. The first-order valence-corrected chi connectivity index (χ1v) is 10.6. The van der Waals surface area contributed by atoms with Crippen molar-refractivity contribution in [3.8, 4) is 11.3 Å². The molecule has 0 bridgehead atoms. The fourth-order valence-corrected chi connectivity index (χ4v) is 3.90. The predicted octanol–water partition coefficient (Wildman–Crippen LogP) is 4.29. The lowest BCUT2D eigenvalue weighted by Crippen LogP contribution is -2.40. The summed E-state index contributed by atoms with van der Waals surface area (Å²) in [4.78, 5) is 14.8. The Bertz CT molecular complexity index is 990. The van der Waals surface area contributed by atoms with Gasteiger partial charge >= 0.3 is 0 Å². The summed E-state index contributed by atoms with van der Waals surface area (Å²) < 4.78 is 0. The van der Waals surface area contributed by atoms with Gasteiger partial charge in [0.25, 0.3) is 0 Å². The van der Waals surface area contributed by atoms with Gasteiger partial charge in [-0.25, -0.2) is 0 Å². The molecule has 2 aromatic carbocycles. The minimum Gasteiger partial charge on any atom is -0.355 e. The molecular weight excluding hydrogens is 372 g/mol. The summed E-state index contributed by atoms with van der Waals surface area (Å²) in [7, 11) is 0. The molecule has 1 aliphatic rings. The Kier molecular flexibility index (Phi) is 6.07. The number of benzene rings is 2. The maximum absolute atomic E-state index is 12.6. The number of rotatable bonds is 5. The van der Waals surface area contributed by atoms with Crippen LogP contribution in [0.5, 0.6) is 0 Å². The van der Waals surface area contributed by atoms with Gasteiger partial charge in [0, 0.05) is 31.1 Å². The number of hydrogen-bond donors (Lipinski definition) is 1. The highest BCUT2D eigenvalue weighted by atomic mass is 16.1. The summed E-state index contributed by atoms with van der Waals surface area (Å²) in [6.07, 6.45) is 1.67. The number of aryl methyl sites for hydroxylation is 2. The quantitative estimate of drug-likeness (QED) is 0.694. The first-order chi connectivity index (χ1) is 14.6. The molecule has 0 unspecified atom stereocenters. The predicted molar refractivity (Wildman–Crippen MR) is 120 cm³/mol. The first kappa shape index (κ1) is 20.1. The van der Waals surface area contributed by atoms with Crippen molar-refractivity contribution >= 4 is 11.7 Å². The second-order valence-electron chi connectivity index (χ2n) is 8.11. The lowest BCUT2D eigenvalue weighted by atomic mass is 9.95. The van der Waals surface area contributed by atoms with Crippen molar-refractivity contribution in [1.29, 1.82) is 0 Å². The van der Waals surface area contributed by atoms with E-state index in [2.05, 4.69) is 76.7 Å². The molecule has 5 heteroatoms. The zero-order valence-electron chi connectivity index (χ0n) is 17.6. The Hall–Kier alpha value is -3.21. The SMILES string of the molecule is Cc1ccc(-c2ccc(N3CCC(C(=O)NCc4cccc(C)c4)CC3)nn2)cc1. The summed E-state index contributed by atoms with van der Waals surface area (Å²) in [6, 6.07) is 20.6. The molecule has 1 aliphatic heterocycles. The average molecular weight is 401 g/mol. The second-order valence-corrected chi connectivity index (χ2v) is 8.11. The molecule has 4 rings (SSSR count). The van der Waals surface area contributed by atoms with Crippen molar-refractivity contribution in [3.63, 3.8) is 0 Å². The fourth-order valence-electron chi connectivity index (χ4n) is 3.90. The van der Waals surface area contributed by atoms with Crippen LogP contribution >= 0.6 is 0 Å². The topological polar surface area (TPSA) is 58.1 Å². The van der Waals surface area contributed by atoms with Crippen LogP contribution in [0, 0.1) is 19.8 Å². The highest BCUT2D eigenvalue weighted by molar-refractivity contribution is 5.79. The number of carbonyl (C=O) groups is 1. The van der Waals surface area contributed by atoms with Crippen LogP contribution in [0.15, 0.2) is 60.7 Å². The van der Waals surface area contributed by atoms with E-state index in [9.17, 15) is 4.79 Å². The summed E-state index contributed by atoms with van der Waals surface area (Å²) >= 11 is 0. The van der Waals surface area contributed by atoms with Crippen LogP contribution in [-0.2, 0) is 11.3 Å². The zero-order valence-corrected chi connectivity index (χ0v) is 17.6. The highest BCUT2D eigenvalue weighted by Gasteiger charge is 2.25. The van der Waals surface area contributed by atoms with E-state index in [1.54, 1.807) is 0 Å². The first-order valence-electron chi connectivity index (χ1n) is 10.6. The lowest BCUT2D eigenvalue weighted by Gasteiger charge is -2.31. The number of nitrogens with zero attached hydrogens (tertiary/aromatic N) is 3. The number of aromatic nitrogens is 2. The van der Waals surface area contributed by atoms with E-state index in [-0.39, 0.29) is 11.8 Å². The standard InChI is InChI=1S/C25H28N4O/c1-18-6-8-21(9-7-18)23-10-11-24(28-27-23)29-14-12-22(13-15-29)25(30)26-17-20-5-3-4-19(2)16-20/h3-11,16,22H,12-15,17H2,1-2H3,(H,26,30). The second kappa shape index (κ2) is 9.08. The number of hydrogen-bond acceptors (Lipinski definition) is 4. The molecule has 5 nitrogen and oxygen atoms in total. The normalized spacial score (nSPS) is 14.5. The van der Waals surface area contributed by atoms with Gasteiger partial charge in [-0.1, -0.05) is 59.7 Å². The van der Waals surface area contributed by atoms with Gasteiger partial charge in [-0.2, -0.15) is 0 Å². The molecule has 0 aliphatic carbocycles. The molecule has 2 heterocycles. The van der Waals surface area contributed by atoms with Crippen molar-refractivity contribution in [1.82, 2.24) is 15.5 Å². The third-order valence-electron chi connectivity index (χ3n) is 5.74. The molecular formula is C25H28N4O. The molecule has 1 N–H and O–H groups in total. The number of amides is 1. The van der Waals surface area contributed by atoms with E-state index in [1.165, 1.54) is 11.1 Å². The molecule has 1 saturated heterocycles. The molecule has 1 amide bonds. The van der Waals surface area contributed by atoms with Crippen LogP contribution in [0.3, 0.4) is 0 Å². The van der Waals surface area contributed by atoms with Crippen molar-refractivity contribution in [3.05, 3.63) is 77.4 Å². The molecule has 1 fully saturated rings. The molecule has 0 saturated carbocycles. The van der Waals surface area contributed by atoms with Crippen LogP contribution in [-0.4, -0.2) is 29.2 Å². The molecule has 30 heavy (non-hydrogen) atoms. The summed E-state index contributed by atoms with van der Waals surface area (Å²) in [5, 5.41) is 11.9. The van der Waals surface area contributed by atoms with Gasteiger partial charge in [-0.15, -0.1) is 10.2 Å². The Morgan fingerprint density at radius 2 is 1.73 bits per heavy atom. The van der Waals surface area contributed by atoms with Gasteiger partial charge in [-0.3, -0.25) is 4.79 Å². The van der Waals surface area contributed by atoms with Crippen LogP contribution in [0.25, 0.3) is 11.3 Å². The van der Waals surface area contributed by atoms with Gasteiger partial charge in [0.05, 0.1) is 5.69 Å². The van der Waals surface area contributed by atoms with Crippen molar-refractivity contribution in [2.24, 2.45) is 5.92 Å². The van der Waals surface area contributed by atoms with E-state index in [1.807, 2.05) is 18.2 Å². The third kappa shape index (κ3) is 4.85. The van der Waals surface area contributed by atoms with Crippen LogP contribution in [0.1, 0.15) is 29.5 Å². The largest absolute Gasteiger partial charge is 0.355 e. The summed E-state index contributed by atoms with van der Waals surface area (Å²) in [5.41, 5.74) is 5.54. The van der Waals surface area contributed by atoms with E-state index in [4.69, 9.17) is 0 Å². The number of nitrogens with one attached hydrogen (secondary N) is 1. The molecule has 1 aromatic heterocycles. The minimum absolute atomic E-state index is 0.0610. The smallest absolute Gasteiger partial charge is 0.223 e. The molecule has 154 valence electrons. The Morgan fingerprint density at radius 1 is 0.967 bits per heavy atom. The van der Waals surface area contributed by atoms with Crippen LogP contribution in [0.2, 0.25) is 0 Å². The summed E-state index contributed by atoms with van der Waals surface area (Å²) in [6.45, 7) is 6.37. The van der Waals surface area contributed by atoms with Gasteiger partial charge in [0.1, 0.15) is 0 Å². The van der Waals surface area contributed by atoms with Crippen molar-refractivity contribution in [2.45, 2.75) is 33.2 Å². The molecule has 0 atom stereocenters. The number of carbonyl (C=O) groups excluding carboxylic acids is 1. The maximum atomic E-state index is 12.6. The molecule has 0 spiro atoms. The number of piperidine rings is 1. The maximum Gasteiger partial charge on any atom is 0.223 e. The van der Waals surface area contributed by atoms with E-state index in [0.29, 0.717) is 6.54 Å². The molecule has 0 radical (unpaired) electrons. The zero-order chi connectivity index (χ0) is 20.9. The van der Waals surface area contributed by atoms with Gasteiger partial charge in [-0.05, 0) is 44.4 Å². The van der Waals surface area contributed by atoms with Gasteiger partial charge < -0.3 is 10.2 Å². The summed E-state index contributed by atoms with van der Waals surface area (Å²) in [5.74, 6) is 1.09. The lowest BCUT2D eigenvalue weighted by molar-refractivity contribution is -0.125. The van der Waals surface area contributed by atoms with E-state index < -0.39 is 0 Å². The minimum atomic E-state index is 0.0610. The van der Waals surface area contributed by atoms with Crippen molar-refractivity contribution in [2.75, 3.05) is 18.0 Å². The van der Waals surface area contributed by atoms with Crippen LogP contribution < -0.4 is 10.2 Å². The Labute approximate surface area is 178 Å². The third-order valence-corrected chi connectivity index (χ3v) is 5.74. The van der Waals surface area contributed by atoms with Gasteiger partial charge in [0.2, 0.25) is 5.91 Å². The Balaban J connectivity index is 1.29. The monoisotopic (exact) mass is 400 g/mol. The number of anilines is 1. The van der Waals surface area contributed by atoms with Crippen LogP contribution in [0.4, 0.5) is 5.82 Å². The fraction of sp³-hybridized carbons (Fsp3) is 0.320. The Morgan fingerprint density at radius 3 is 2.40 bits per heavy atom. The average Bonchev–Trinajstić information content (AvgIpc) is 2.78. The molecule has 3 aromatic rings. The van der Waals surface area contributed by atoms with E-state index in [0.717, 1.165) is 48.6 Å². The van der Waals surface area contributed by atoms with Gasteiger partial charge in [0.15, 0.2) is 5.82 Å². The van der Waals surface area contributed by atoms with Crippen molar-refractivity contribution < 1.29 is 4.79 Å².